The van der Waals surface area contributed by atoms with Gasteiger partial charge < -0.3 is 22.9 Å². The van der Waals surface area contributed by atoms with Gasteiger partial charge in [-0.3, -0.25) is 10.6 Å². The van der Waals surface area contributed by atoms with E-state index < -0.39 is 6.09 Å². The summed E-state index contributed by atoms with van der Waals surface area (Å²) in [5.41, 5.74) is 16.1. The van der Waals surface area contributed by atoms with Gasteiger partial charge in [-0.1, -0.05) is 24.3 Å². The summed E-state index contributed by atoms with van der Waals surface area (Å²) in [7, 11) is 0. The van der Waals surface area contributed by atoms with Crippen molar-refractivity contribution in [3.8, 4) is 11.1 Å². The molecular formula is C25H31ClN4O2. The van der Waals surface area contributed by atoms with Gasteiger partial charge in [0.05, 0.1) is 6.61 Å². The monoisotopic (exact) mass is 454 g/mol. The number of hydrogen-bond donors (Lipinski definition) is 3. The fourth-order valence-corrected chi connectivity index (χ4v) is 3.82. The summed E-state index contributed by atoms with van der Waals surface area (Å²) in [5.74, 6) is 1.07. The van der Waals surface area contributed by atoms with Gasteiger partial charge >= 0.3 is 6.09 Å². The van der Waals surface area contributed by atoms with Crippen LogP contribution < -0.4 is 33.8 Å². The lowest BCUT2D eigenvalue weighted by molar-refractivity contribution is -0.342. The van der Waals surface area contributed by atoms with Crippen molar-refractivity contribution in [1.82, 2.24) is 0 Å². The van der Waals surface area contributed by atoms with E-state index in [-0.39, 0.29) is 12.4 Å². The zero-order chi connectivity index (χ0) is 22.7. The fourth-order valence-electron chi connectivity index (χ4n) is 3.82. The lowest BCUT2D eigenvalue weighted by Gasteiger charge is -2.17. The maximum absolute atomic E-state index is 11.7. The SMILES string of the molecule is CCOC(=O)Nc1ccc(Nc2c(C)cc(C)c(-c3ccc(C)c(C)c3)c2C)[nH+]c1N.[Cl-]. The maximum Gasteiger partial charge on any atom is 0.411 e. The van der Waals surface area contributed by atoms with Gasteiger partial charge in [0.1, 0.15) is 11.4 Å². The highest BCUT2D eigenvalue weighted by Crippen LogP contribution is 2.36. The Morgan fingerprint density at radius 1 is 0.969 bits per heavy atom. The topological polar surface area (TPSA) is 90.5 Å². The van der Waals surface area contributed by atoms with Crippen LogP contribution in [0.25, 0.3) is 11.1 Å². The third-order valence-electron chi connectivity index (χ3n) is 5.52. The summed E-state index contributed by atoms with van der Waals surface area (Å²) in [6.07, 6.45) is -0.536. The number of carbonyl (C=O) groups excluding carboxylic acids is 1. The smallest absolute Gasteiger partial charge is 0.411 e. The minimum absolute atomic E-state index is 0. The van der Waals surface area contributed by atoms with Crippen LogP contribution in [-0.2, 0) is 4.74 Å². The van der Waals surface area contributed by atoms with Gasteiger partial charge in [-0.2, -0.15) is 0 Å². The Labute approximate surface area is 196 Å². The molecule has 0 radical (unpaired) electrons. The van der Waals surface area contributed by atoms with Crippen molar-refractivity contribution < 1.29 is 26.9 Å². The third-order valence-corrected chi connectivity index (χ3v) is 5.52. The van der Waals surface area contributed by atoms with Crippen LogP contribution in [0.1, 0.15) is 34.7 Å². The number of nitrogen functional groups attached to an aromatic ring is 1. The number of aromatic amines is 1. The first kappa shape index (κ1) is 25.0. The molecule has 7 heteroatoms. The van der Waals surface area contributed by atoms with Gasteiger partial charge in [-0.25, -0.2) is 9.78 Å². The fraction of sp³-hybridized carbons (Fsp3) is 0.280. The molecule has 32 heavy (non-hydrogen) atoms. The molecule has 0 aliphatic heterocycles. The van der Waals surface area contributed by atoms with E-state index in [0.29, 0.717) is 18.1 Å². The van der Waals surface area contributed by atoms with E-state index in [1.807, 2.05) is 6.07 Å². The first-order chi connectivity index (χ1) is 14.7. The summed E-state index contributed by atoms with van der Waals surface area (Å²) < 4.78 is 4.91. The molecule has 2 aromatic carbocycles. The van der Waals surface area contributed by atoms with Crippen molar-refractivity contribution in [3.05, 3.63) is 64.2 Å². The molecular weight excluding hydrogens is 424 g/mol. The maximum atomic E-state index is 11.7. The van der Waals surface area contributed by atoms with Crippen LogP contribution in [0.3, 0.4) is 0 Å². The molecule has 3 aromatic rings. The van der Waals surface area contributed by atoms with Crippen LogP contribution in [0.15, 0.2) is 36.4 Å². The van der Waals surface area contributed by atoms with Crippen molar-refractivity contribution in [2.75, 3.05) is 23.0 Å². The molecule has 0 saturated carbocycles. The first-order valence-corrected chi connectivity index (χ1v) is 10.4. The van der Waals surface area contributed by atoms with Crippen LogP contribution in [0.5, 0.6) is 0 Å². The second kappa shape index (κ2) is 10.4. The molecule has 0 aliphatic carbocycles. The Balaban J connectivity index is 0.00000363. The molecule has 0 unspecified atom stereocenters. The van der Waals surface area contributed by atoms with Crippen LogP contribution in [0.2, 0.25) is 0 Å². The quantitative estimate of drug-likeness (QED) is 0.552. The zero-order valence-corrected chi connectivity index (χ0v) is 20.2. The number of nitrogens with one attached hydrogen (secondary N) is 3. The third kappa shape index (κ3) is 5.32. The molecule has 0 fully saturated rings. The van der Waals surface area contributed by atoms with Crippen LogP contribution in [0.4, 0.5) is 27.8 Å². The summed E-state index contributed by atoms with van der Waals surface area (Å²) >= 11 is 0. The molecule has 0 bridgehead atoms. The minimum Gasteiger partial charge on any atom is -1.00 e. The number of aryl methyl sites for hydroxylation is 4. The van der Waals surface area contributed by atoms with Gasteiger partial charge in [-0.15, -0.1) is 0 Å². The van der Waals surface area contributed by atoms with E-state index in [4.69, 9.17) is 10.5 Å². The number of carbonyl (C=O) groups is 1. The second-order valence-electron chi connectivity index (χ2n) is 7.85. The highest BCUT2D eigenvalue weighted by Gasteiger charge is 2.17. The summed E-state index contributed by atoms with van der Waals surface area (Å²) in [5, 5.41) is 6.10. The molecule has 1 amide bonds. The molecule has 5 N–H and O–H groups in total. The number of nitrogens with two attached hydrogens (primary N) is 1. The number of aromatic nitrogens is 1. The van der Waals surface area contributed by atoms with E-state index in [1.54, 1.807) is 13.0 Å². The Morgan fingerprint density at radius 2 is 1.69 bits per heavy atom. The van der Waals surface area contributed by atoms with Gasteiger partial charge in [0.25, 0.3) is 0 Å². The number of ether oxygens (including phenoxy) is 1. The molecule has 0 aliphatic rings. The highest BCUT2D eigenvalue weighted by atomic mass is 35.5. The number of amides is 1. The Bertz CT molecular complexity index is 1150. The number of pyridine rings is 1. The average molecular weight is 455 g/mol. The predicted molar refractivity (Wildman–Crippen MR) is 127 cm³/mol. The number of anilines is 4. The number of H-pyrrole nitrogens is 1. The summed E-state index contributed by atoms with van der Waals surface area (Å²) in [6.45, 7) is 12.7. The van der Waals surface area contributed by atoms with E-state index in [0.717, 1.165) is 17.1 Å². The lowest BCUT2D eigenvalue weighted by Crippen LogP contribution is -3.00. The molecule has 0 atom stereocenters. The lowest BCUT2D eigenvalue weighted by atomic mass is 9.90. The van der Waals surface area contributed by atoms with Gasteiger partial charge in [0, 0.05) is 6.07 Å². The zero-order valence-electron chi connectivity index (χ0n) is 19.4. The minimum atomic E-state index is -0.536. The van der Waals surface area contributed by atoms with Crippen molar-refractivity contribution in [2.24, 2.45) is 0 Å². The first-order valence-electron chi connectivity index (χ1n) is 10.4. The predicted octanol–water partition coefficient (Wildman–Crippen LogP) is 2.61. The van der Waals surface area contributed by atoms with Crippen molar-refractivity contribution in [3.63, 3.8) is 0 Å². The van der Waals surface area contributed by atoms with Crippen molar-refractivity contribution in [1.29, 1.82) is 0 Å². The highest BCUT2D eigenvalue weighted by molar-refractivity contribution is 5.87. The van der Waals surface area contributed by atoms with Gasteiger partial charge in [-0.05, 0) is 86.6 Å². The standard InChI is InChI=1S/C25H30N4O2.ClH/c1-7-31-25(30)27-20-10-11-21(29-24(20)26)28-23-17(5)12-16(4)22(18(23)6)19-9-8-14(2)15(3)13-19;/h8-13H,7H2,1-6H3,(H,27,30)(H3,26,28,29);1H. The van der Waals surface area contributed by atoms with Crippen molar-refractivity contribution >= 4 is 29.1 Å². The van der Waals surface area contributed by atoms with Crippen LogP contribution >= 0.6 is 0 Å². The molecule has 0 spiro atoms. The van der Waals surface area contributed by atoms with E-state index in [1.165, 1.54) is 33.4 Å². The number of rotatable bonds is 5. The van der Waals surface area contributed by atoms with Crippen LogP contribution in [-0.4, -0.2) is 12.7 Å². The summed E-state index contributed by atoms with van der Waals surface area (Å²) in [6, 6.07) is 12.4. The van der Waals surface area contributed by atoms with Gasteiger partial charge in [0.15, 0.2) is 0 Å². The molecule has 1 aromatic heterocycles. The molecule has 0 saturated heterocycles. The number of hydrogen-bond acceptors (Lipinski definition) is 4. The number of benzene rings is 2. The summed E-state index contributed by atoms with van der Waals surface area (Å²) in [4.78, 5) is 14.8. The normalized spacial score (nSPS) is 10.3. The Morgan fingerprint density at radius 3 is 2.31 bits per heavy atom. The second-order valence-corrected chi connectivity index (χ2v) is 7.85. The van der Waals surface area contributed by atoms with Crippen LogP contribution in [0, 0.1) is 34.6 Å². The largest absolute Gasteiger partial charge is 1.00 e. The molecule has 3 rings (SSSR count). The molecule has 6 nitrogen and oxygen atoms in total. The van der Waals surface area contributed by atoms with E-state index in [2.05, 4.69) is 74.5 Å². The van der Waals surface area contributed by atoms with E-state index in [9.17, 15) is 4.79 Å². The molecule has 170 valence electrons. The Kier molecular flexibility index (Phi) is 8.11. The molecule has 1 heterocycles. The van der Waals surface area contributed by atoms with Crippen molar-refractivity contribution in [2.45, 2.75) is 41.5 Å². The number of halogens is 1. The Hall–Kier alpha value is -3.25. The van der Waals surface area contributed by atoms with E-state index >= 15 is 0 Å². The average Bonchev–Trinajstić information content (AvgIpc) is 2.70. The van der Waals surface area contributed by atoms with Gasteiger partial charge in [0.2, 0.25) is 11.6 Å².